The minimum atomic E-state index is -0.461. The molecule has 0 aliphatic heterocycles. The van der Waals surface area contributed by atoms with Crippen LogP contribution in [0.25, 0.3) is 10.9 Å². The van der Waals surface area contributed by atoms with Crippen molar-refractivity contribution in [1.82, 2.24) is 10.2 Å². The van der Waals surface area contributed by atoms with E-state index in [1.807, 2.05) is 36.4 Å². The zero-order valence-electron chi connectivity index (χ0n) is 12.7. The van der Waals surface area contributed by atoms with Crippen molar-refractivity contribution < 1.29 is 5.11 Å². The maximum atomic E-state index is 10.5. The molecule has 22 heavy (non-hydrogen) atoms. The van der Waals surface area contributed by atoms with E-state index in [1.54, 1.807) is 6.20 Å². The highest BCUT2D eigenvalue weighted by atomic mass is 16.3. The van der Waals surface area contributed by atoms with Crippen LogP contribution in [-0.4, -0.2) is 28.4 Å². The van der Waals surface area contributed by atoms with Crippen molar-refractivity contribution in [3.8, 4) is 0 Å². The molecule has 3 aromatic rings. The summed E-state index contributed by atoms with van der Waals surface area (Å²) < 4.78 is 0. The van der Waals surface area contributed by atoms with Gasteiger partial charge in [0.25, 0.3) is 0 Å². The third-order valence-electron chi connectivity index (χ3n) is 4.02. The van der Waals surface area contributed by atoms with E-state index in [-0.39, 0.29) is 0 Å². The molecule has 1 atom stereocenters. The molecule has 0 aliphatic rings. The first-order valence-electron chi connectivity index (χ1n) is 7.69. The lowest BCUT2D eigenvalue weighted by Gasteiger charge is -2.24. The van der Waals surface area contributed by atoms with Gasteiger partial charge in [0.15, 0.2) is 0 Å². The summed E-state index contributed by atoms with van der Waals surface area (Å²) in [5, 5.41) is 18.4. The molecule has 0 saturated carbocycles. The molecular formula is C18H21N3O. The van der Waals surface area contributed by atoms with Crippen LogP contribution in [0.3, 0.4) is 0 Å². The van der Waals surface area contributed by atoms with E-state index in [4.69, 9.17) is 0 Å². The summed E-state index contributed by atoms with van der Waals surface area (Å²) in [6, 6.07) is 16.2. The third kappa shape index (κ3) is 3.12. The van der Waals surface area contributed by atoms with Gasteiger partial charge in [-0.2, -0.15) is 5.10 Å². The van der Waals surface area contributed by atoms with E-state index >= 15 is 0 Å². The first-order chi connectivity index (χ1) is 10.8. The van der Waals surface area contributed by atoms with Crippen molar-refractivity contribution in [3.05, 3.63) is 60.3 Å². The lowest BCUT2D eigenvalue weighted by atomic mass is 10.0. The van der Waals surface area contributed by atoms with Crippen LogP contribution in [0.2, 0.25) is 0 Å². The van der Waals surface area contributed by atoms with E-state index in [1.165, 1.54) is 5.69 Å². The standard InChI is InChI=1S/C18H21N3O/c1-2-21(16-6-4-3-5-7-16)11-10-18(22)14-8-9-17-15(12-14)13-19-20-17/h3-9,12-13,18,22H,2,10-11H2,1H3,(H,19,20). The van der Waals surface area contributed by atoms with Crippen LogP contribution in [0.1, 0.15) is 25.0 Å². The number of rotatable bonds is 6. The smallest absolute Gasteiger partial charge is 0.0807 e. The first kappa shape index (κ1) is 14.6. The highest BCUT2D eigenvalue weighted by Crippen LogP contribution is 2.22. The van der Waals surface area contributed by atoms with Gasteiger partial charge < -0.3 is 10.0 Å². The van der Waals surface area contributed by atoms with E-state index in [0.29, 0.717) is 6.42 Å². The van der Waals surface area contributed by atoms with E-state index in [2.05, 4.69) is 34.2 Å². The lowest BCUT2D eigenvalue weighted by Crippen LogP contribution is -2.25. The fourth-order valence-electron chi connectivity index (χ4n) is 2.72. The van der Waals surface area contributed by atoms with Gasteiger partial charge in [0.05, 0.1) is 17.8 Å². The average Bonchev–Trinajstić information content (AvgIpc) is 3.03. The number of aliphatic hydroxyl groups is 1. The Hall–Kier alpha value is -2.33. The topological polar surface area (TPSA) is 52.1 Å². The predicted molar refractivity (Wildman–Crippen MR) is 90.0 cm³/mol. The molecule has 3 rings (SSSR count). The van der Waals surface area contributed by atoms with Crippen molar-refractivity contribution in [2.75, 3.05) is 18.0 Å². The molecule has 0 bridgehead atoms. The summed E-state index contributed by atoms with van der Waals surface area (Å²) in [6.45, 7) is 3.89. The van der Waals surface area contributed by atoms with Crippen LogP contribution in [-0.2, 0) is 0 Å². The maximum absolute atomic E-state index is 10.5. The first-order valence-corrected chi connectivity index (χ1v) is 7.69. The Bertz CT molecular complexity index is 723. The van der Waals surface area contributed by atoms with Crippen molar-refractivity contribution >= 4 is 16.6 Å². The zero-order chi connectivity index (χ0) is 15.4. The number of aromatic nitrogens is 2. The van der Waals surface area contributed by atoms with Gasteiger partial charge in [0.1, 0.15) is 0 Å². The van der Waals surface area contributed by atoms with Gasteiger partial charge in [-0.15, -0.1) is 0 Å². The number of hydrogen-bond acceptors (Lipinski definition) is 3. The molecule has 114 valence electrons. The van der Waals surface area contributed by atoms with Gasteiger partial charge in [-0.25, -0.2) is 0 Å². The molecule has 0 radical (unpaired) electrons. The zero-order valence-corrected chi connectivity index (χ0v) is 12.7. The molecule has 4 heteroatoms. The van der Waals surface area contributed by atoms with Crippen LogP contribution in [0.15, 0.2) is 54.7 Å². The third-order valence-corrected chi connectivity index (χ3v) is 4.02. The van der Waals surface area contributed by atoms with Gasteiger partial charge in [-0.3, -0.25) is 5.10 Å². The Morgan fingerprint density at radius 3 is 2.77 bits per heavy atom. The van der Waals surface area contributed by atoms with Crippen molar-refractivity contribution in [2.45, 2.75) is 19.4 Å². The predicted octanol–water partition coefficient (Wildman–Crippen LogP) is 3.51. The largest absolute Gasteiger partial charge is 0.388 e. The molecule has 1 aromatic heterocycles. The number of anilines is 1. The summed E-state index contributed by atoms with van der Waals surface area (Å²) >= 11 is 0. The fourth-order valence-corrected chi connectivity index (χ4v) is 2.72. The second-order valence-corrected chi connectivity index (χ2v) is 5.44. The number of para-hydroxylation sites is 1. The summed E-state index contributed by atoms with van der Waals surface area (Å²) in [5.74, 6) is 0. The van der Waals surface area contributed by atoms with Crippen molar-refractivity contribution in [1.29, 1.82) is 0 Å². The average molecular weight is 295 g/mol. The Morgan fingerprint density at radius 2 is 2.00 bits per heavy atom. The Labute approximate surface area is 130 Å². The second-order valence-electron chi connectivity index (χ2n) is 5.44. The fraction of sp³-hybridized carbons (Fsp3) is 0.278. The van der Waals surface area contributed by atoms with E-state index < -0.39 is 6.10 Å². The molecule has 0 amide bonds. The van der Waals surface area contributed by atoms with Crippen LogP contribution >= 0.6 is 0 Å². The normalized spacial score (nSPS) is 12.5. The van der Waals surface area contributed by atoms with Crippen LogP contribution in [0.4, 0.5) is 5.69 Å². The highest BCUT2D eigenvalue weighted by molar-refractivity contribution is 5.78. The number of benzene rings is 2. The lowest BCUT2D eigenvalue weighted by molar-refractivity contribution is 0.169. The minimum absolute atomic E-state index is 0.461. The molecular weight excluding hydrogens is 274 g/mol. The number of nitrogens with zero attached hydrogens (tertiary/aromatic N) is 2. The maximum Gasteiger partial charge on any atom is 0.0807 e. The molecule has 2 N–H and O–H groups in total. The van der Waals surface area contributed by atoms with E-state index in [0.717, 1.165) is 29.6 Å². The molecule has 0 spiro atoms. The van der Waals surface area contributed by atoms with Crippen molar-refractivity contribution in [2.24, 2.45) is 0 Å². The second kappa shape index (κ2) is 6.62. The van der Waals surface area contributed by atoms with Crippen LogP contribution in [0, 0.1) is 0 Å². The van der Waals surface area contributed by atoms with Crippen LogP contribution in [0.5, 0.6) is 0 Å². The SMILES string of the molecule is CCN(CCC(O)c1ccc2[nH]ncc2c1)c1ccccc1. The van der Waals surface area contributed by atoms with Gasteiger partial charge in [0, 0.05) is 24.2 Å². The highest BCUT2D eigenvalue weighted by Gasteiger charge is 2.11. The Kier molecular flexibility index (Phi) is 4.39. The number of fused-ring (bicyclic) bond motifs is 1. The summed E-state index contributed by atoms with van der Waals surface area (Å²) in [6.07, 6.45) is 2.03. The van der Waals surface area contributed by atoms with Crippen LogP contribution < -0.4 is 4.90 Å². The summed E-state index contributed by atoms with van der Waals surface area (Å²) in [7, 11) is 0. The molecule has 1 unspecified atom stereocenters. The summed E-state index contributed by atoms with van der Waals surface area (Å²) in [4.78, 5) is 2.28. The molecule has 2 aromatic carbocycles. The van der Waals surface area contributed by atoms with Gasteiger partial charge in [-0.1, -0.05) is 24.3 Å². The molecule has 0 saturated heterocycles. The number of hydrogen-bond donors (Lipinski definition) is 2. The van der Waals surface area contributed by atoms with E-state index in [9.17, 15) is 5.11 Å². The molecule has 1 heterocycles. The van der Waals surface area contributed by atoms with Gasteiger partial charge >= 0.3 is 0 Å². The quantitative estimate of drug-likeness (QED) is 0.731. The monoisotopic (exact) mass is 295 g/mol. The molecule has 4 nitrogen and oxygen atoms in total. The number of H-pyrrole nitrogens is 1. The molecule has 0 fully saturated rings. The Balaban J connectivity index is 1.66. The summed E-state index contributed by atoms with van der Waals surface area (Å²) in [5.41, 5.74) is 3.14. The number of aromatic amines is 1. The number of nitrogens with one attached hydrogen (secondary N) is 1. The molecule has 0 aliphatic carbocycles. The van der Waals surface area contributed by atoms with Crippen molar-refractivity contribution in [3.63, 3.8) is 0 Å². The van der Waals surface area contributed by atoms with Gasteiger partial charge in [0.2, 0.25) is 0 Å². The number of aliphatic hydroxyl groups excluding tert-OH is 1. The Morgan fingerprint density at radius 1 is 1.18 bits per heavy atom. The minimum Gasteiger partial charge on any atom is -0.388 e. The van der Waals surface area contributed by atoms with Gasteiger partial charge in [-0.05, 0) is 43.2 Å².